The predicted octanol–water partition coefficient (Wildman–Crippen LogP) is 1.72. The van der Waals surface area contributed by atoms with Gasteiger partial charge in [-0.25, -0.2) is 15.6 Å². The van der Waals surface area contributed by atoms with Crippen LogP contribution >= 0.6 is 0 Å². The van der Waals surface area contributed by atoms with Crippen molar-refractivity contribution in [1.82, 2.24) is 41.6 Å². The first-order chi connectivity index (χ1) is 19.1. The summed E-state index contributed by atoms with van der Waals surface area (Å²) in [5, 5.41) is 23.7. The summed E-state index contributed by atoms with van der Waals surface area (Å²) >= 11 is 0. The lowest BCUT2D eigenvalue weighted by Crippen LogP contribution is -2.38. The fourth-order valence-electron chi connectivity index (χ4n) is 5.52. The standard InChI is InChI=1S/C26H32N12O/c27-13-19-2-1-9-38(16-19)26-30-21-14-28-34-25(39)23(21)24(31-26)29-20-5-3-18(4-6-20)15-37-10-7-17(8-11-37)12-22-32-35-36-33-22/h3-6,14,17,19,35-36H,1-2,7-12,15-16H2,(H,32,33)(H,34,39)(H,29,30,31). The maximum atomic E-state index is 12.7. The Bertz CT molecular complexity index is 1440. The van der Waals surface area contributed by atoms with Gasteiger partial charge in [0.1, 0.15) is 22.6 Å². The number of hydrogen-bond donors (Lipinski definition) is 5. The molecule has 0 saturated carbocycles. The molecule has 2 saturated heterocycles. The number of hydrazine groups is 2. The number of amidine groups is 1. The Morgan fingerprint density at radius 2 is 1.95 bits per heavy atom. The minimum absolute atomic E-state index is 0.0570. The van der Waals surface area contributed by atoms with Crippen molar-refractivity contribution in [2.24, 2.45) is 16.9 Å². The van der Waals surface area contributed by atoms with E-state index in [1.165, 1.54) is 11.8 Å². The Labute approximate surface area is 225 Å². The minimum Gasteiger partial charge on any atom is -0.339 e. The summed E-state index contributed by atoms with van der Waals surface area (Å²) in [5.41, 5.74) is 10.8. The van der Waals surface area contributed by atoms with Crippen LogP contribution in [-0.2, 0) is 6.54 Å². The molecule has 202 valence electrons. The second-order valence-corrected chi connectivity index (χ2v) is 10.4. The van der Waals surface area contributed by atoms with Gasteiger partial charge in [0.25, 0.3) is 5.56 Å². The summed E-state index contributed by atoms with van der Waals surface area (Å²) in [6, 6.07) is 10.6. The van der Waals surface area contributed by atoms with Crippen LogP contribution in [0, 0.1) is 23.2 Å². The van der Waals surface area contributed by atoms with Crippen LogP contribution in [0.15, 0.2) is 40.4 Å². The van der Waals surface area contributed by atoms with Crippen LogP contribution in [0.2, 0.25) is 0 Å². The number of piperidine rings is 2. The molecule has 13 nitrogen and oxygen atoms in total. The van der Waals surface area contributed by atoms with Crippen LogP contribution in [0.4, 0.5) is 17.5 Å². The van der Waals surface area contributed by atoms with Crippen LogP contribution in [0.1, 0.15) is 37.7 Å². The number of hydrazone groups is 1. The van der Waals surface area contributed by atoms with Crippen molar-refractivity contribution in [1.29, 1.82) is 5.26 Å². The monoisotopic (exact) mass is 528 g/mol. The lowest BCUT2D eigenvalue weighted by atomic mass is 9.93. The van der Waals surface area contributed by atoms with Gasteiger partial charge in [0, 0.05) is 31.7 Å². The molecule has 1 atom stereocenters. The fraction of sp³-hybridized carbons (Fsp3) is 0.462. The summed E-state index contributed by atoms with van der Waals surface area (Å²) < 4.78 is 0. The van der Waals surface area contributed by atoms with Gasteiger partial charge in [-0.15, -0.1) is 10.6 Å². The smallest absolute Gasteiger partial charge is 0.277 e. The van der Waals surface area contributed by atoms with Gasteiger partial charge in [-0.1, -0.05) is 12.1 Å². The average molecular weight is 529 g/mol. The number of H-pyrrole nitrogens is 1. The molecule has 0 spiro atoms. The molecule has 5 N–H and O–H groups in total. The van der Waals surface area contributed by atoms with E-state index in [1.807, 2.05) is 17.0 Å². The van der Waals surface area contributed by atoms with Gasteiger partial charge in [-0.05, 0) is 62.4 Å². The van der Waals surface area contributed by atoms with Crippen molar-refractivity contribution in [3.05, 3.63) is 46.4 Å². The normalized spacial score (nSPS) is 20.2. The Morgan fingerprint density at radius 1 is 1.10 bits per heavy atom. The molecule has 0 bridgehead atoms. The molecule has 39 heavy (non-hydrogen) atoms. The van der Waals surface area contributed by atoms with Crippen LogP contribution in [0.3, 0.4) is 0 Å². The van der Waals surface area contributed by atoms with Crippen molar-refractivity contribution in [3.63, 3.8) is 0 Å². The number of nitrogens with one attached hydrogen (secondary N) is 5. The topological polar surface area (TPSA) is 162 Å². The molecule has 3 aromatic rings. The number of nitrogens with zero attached hydrogens (tertiary/aromatic N) is 7. The lowest BCUT2D eigenvalue weighted by molar-refractivity contribution is 0.180. The molecule has 0 aliphatic carbocycles. The highest BCUT2D eigenvalue weighted by Crippen LogP contribution is 2.27. The molecule has 5 heterocycles. The first-order valence-electron chi connectivity index (χ1n) is 13.5. The van der Waals surface area contributed by atoms with E-state index in [9.17, 15) is 10.1 Å². The zero-order chi connectivity index (χ0) is 26.6. The summed E-state index contributed by atoms with van der Waals surface area (Å²) in [6.45, 7) is 4.37. The van der Waals surface area contributed by atoms with Gasteiger partial charge >= 0.3 is 0 Å². The van der Waals surface area contributed by atoms with Gasteiger partial charge in [0.05, 0.1) is 18.2 Å². The SMILES string of the molecule is N#CC1CCCN(c2nc(Nc3ccc(CN4CCC(CC5=NNNN5)CC4)cc3)c3c(=O)[nH]ncc3n2)C1. The summed E-state index contributed by atoms with van der Waals surface area (Å²) in [7, 11) is 0. The molecule has 13 heteroatoms. The Morgan fingerprint density at radius 3 is 2.72 bits per heavy atom. The summed E-state index contributed by atoms with van der Waals surface area (Å²) in [6.07, 6.45) is 6.58. The number of rotatable bonds is 7. The third-order valence-corrected chi connectivity index (χ3v) is 7.66. The zero-order valence-corrected chi connectivity index (χ0v) is 21.7. The van der Waals surface area contributed by atoms with E-state index in [1.54, 1.807) is 0 Å². The molecule has 2 aromatic heterocycles. The molecule has 3 aliphatic rings. The second kappa shape index (κ2) is 11.2. The van der Waals surface area contributed by atoms with Crippen molar-refractivity contribution < 1.29 is 0 Å². The third-order valence-electron chi connectivity index (χ3n) is 7.66. The van der Waals surface area contributed by atoms with E-state index >= 15 is 0 Å². The number of hydrogen-bond acceptors (Lipinski definition) is 12. The highest BCUT2D eigenvalue weighted by Gasteiger charge is 2.24. The molecule has 0 amide bonds. The molecule has 0 radical (unpaired) electrons. The van der Waals surface area contributed by atoms with E-state index < -0.39 is 0 Å². The van der Waals surface area contributed by atoms with Gasteiger partial charge < -0.3 is 10.2 Å². The maximum Gasteiger partial charge on any atom is 0.277 e. The quantitative estimate of drug-likeness (QED) is 0.303. The Hall–Kier alpha value is -4.28. The van der Waals surface area contributed by atoms with Crippen LogP contribution in [-0.4, -0.2) is 57.1 Å². The molecule has 3 aliphatic heterocycles. The first-order valence-corrected chi connectivity index (χ1v) is 13.5. The van der Waals surface area contributed by atoms with E-state index in [0.717, 1.165) is 69.8 Å². The minimum atomic E-state index is -0.349. The Kier molecular flexibility index (Phi) is 7.20. The largest absolute Gasteiger partial charge is 0.339 e. The lowest BCUT2D eigenvalue weighted by Gasteiger charge is -2.31. The fourth-order valence-corrected chi connectivity index (χ4v) is 5.52. The highest BCUT2D eigenvalue weighted by molar-refractivity contribution is 5.90. The van der Waals surface area contributed by atoms with Gasteiger partial charge in [-0.3, -0.25) is 15.1 Å². The molecule has 6 rings (SSSR count). The molecule has 2 fully saturated rings. The predicted molar refractivity (Wildman–Crippen MR) is 148 cm³/mol. The van der Waals surface area contributed by atoms with Crippen molar-refractivity contribution in [2.75, 3.05) is 36.4 Å². The maximum absolute atomic E-state index is 12.7. The number of anilines is 3. The van der Waals surface area contributed by atoms with Gasteiger partial charge in [0.15, 0.2) is 0 Å². The number of aromatic amines is 1. The van der Waals surface area contributed by atoms with E-state index in [0.29, 0.717) is 35.1 Å². The molecular formula is C26H32N12O. The number of likely N-dealkylation sites (tertiary alicyclic amines) is 1. The Balaban J connectivity index is 1.13. The molecular weight excluding hydrogens is 496 g/mol. The van der Waals surface area contributed by atoms with Gasteiger partial charge in [-0.2, -0.15) is 15.3 Å². The van der Waals surface area contributed by atoms with E-state index in [4.69, 9.17) is 4.98 Å². The zero-order valence-electron chi connectivity index (χ0n) is 21.7. The first kappa shape index (κ1) is 25.0. The van der Waals surface area contributed by atoms with Crippen LogP contribution in [0.25, 0.3) is 10.9 Å². The van der Waals surface area contributed by atoms with Crippen molar-refractivity contribution >= 4 is 34.2 Å². The average Bonchev–Trinajstić information content (AvgIpc) is 3.48. The van der Waals surface area contributed by atoms with Crippen LogP contribution in [0.5, 0.6) is 0 Å². The van der Waals surface area contributed by atoms with Crippen molar-refractivity contribution in [2.45, 2.75) is 38.6 Å². The number of benzene rings is 1. The number of fused-ring (bicyclic) bond motifs is 1. The summed E-state index contributed by atoms with van der Waals surface area (Å²) in [5.74, 6) is 2.49. The third kappa shape index (κ3) is 5.76. The van der Waals surface area contributed by atoms with Crippen molar-refractivity contribution in [3.8, 4) is 6.07 Å². The van der Waals surface area contributed by atoms with E-state index in [2.05, 4.69) is 65.2 Å². The number of nitriles is 1. The molecule has 1 aromatic carbocycles. The highest BCUT2D eigenvalue weighted by atomic mass is 16.1. The molecule has 1 unspecified atom stereocenters. The number of aromatic nitrogens is 4. The summed E-state index contributed by atoms with van der Waals surface area (Å²) in [4.78, 5) is 26.5. The van der Waals surface area contributed by atoms with Crippen LogP contribution < -0.4 is 32.3 Å². The van der Waals surface area contributed by atoms with E-state index in [-0.39, 0.29) is 11.5 Å². The van der Waals surface area contributed by atoms with Gasteiger partial charge in [0.2, 0.25) is 5.95 Å². The second-order valence-electron chi connectivity index (χ2n) is 10.4.